The van der Waals surface area contributed by atoms with Gasteiger partial charge < -0.3 is 0 Å². The maximum Gasteiger partial charge on any atom is 0.133 e. The largest absolute Gasteiger partial charge is 0.300 e. The molecule has 2 aliphatic carbocycles. The first-order valence-electron chi connectivity index (χ1n) is 5.92. The van der Waals surface area contributed by atoms with Gasteiger partial charge in [0.25, 0.3) is 0 Å². The fraction of sp³-hybridized carbons (Fsp3) is 0.769. The van der Waals surface area contributed by atoms with Crippen molar-refractivity contribution < 1.29 is 4.79 Å². The molecule has 0 aromatic heterocycles. The zero-order chi connectivity index (χ0) is 10.0. The molecule has 2 saturated carbocycles. The maximum atomic E-state index is 11.6. The number of ketones is 1. The Morgan fingerprint density at radius 3 is 3.00 bits per heavy atom. The molecule has 2 rings (SSSR count). The Labute approximate surface area is 86.6 Å². The molecule has 78 valence electrons. The van der Waals surface area contributed by atoms with Gasteiger partial charge in [-0.25, -0.2) is 0 Å². The fourth-order valence-electron chi connectivity index (χ4n) is 3.40. The molecule has 0 aliphatic heterocycles. The lowest BCUT2D eigenvalue weighted by Gasteiger charge is -2.45. The standard InChI is InChI=1S/C13H20O/c1-2-8-13-9-4-3-5-11(13)6-7-12(14)10-13/h2,8,11H,3-7,9-10H2,1H3/t11-,13+/m0/s1. The molecule has 2 atom stereocenters. The molecular weight excluding hydrogens is 172 g/mol. The molecule has 2 fully saturated rings. The summed E-state index contributed by atoms with van der Waals surface area (Å²) < 4.78 is 0. The van der Waals surface area contributed by atoms with E-state index in [0.29, 0.717) is 5.78 Å². The lowest BCUT2D eigenvalue weighted by Crippen LogP contribution is -2.38. The number of Topliss-reactive ketones (excluding diaryl/α,β-unsaturated/α-hetero) is 1. The van der Waals surface area contributed by atoms with Gasteiger partial charge in [0.15, 0.2) is 0 Å². The van der Waals surface area contributed by atoms with Gasteiger partial charge in [-0.3, -0.25) is 4.79 Å². The van der Waals surface area contributed by atoms with Crippen LogP contribution >= 0.6 is 0 Å². The van der Waals surface area contributed by atoms with E-state index in [1.807, 2.05) is 0 Å². The van der Waals surface area contributed by atoms with E-state index in [2.05, 4.69) is 19.1 Å². The summed E-state index contributed by atoms with van der Waals surface area (Å²) in [5.41, 5.74) is 0.266. The fourth-order valence-corrected chi connectivity index (χ4v) is 3.40. The van der Waals surface area contributed by atoms with E-state index >= 15 is 0 Å². The topological polar surface area (TPSA) is 17.1 Å². The SMILES string of the molecule is CC=C[C@]12CCCC[C@H]1CCC(=O)C2. The number of hydrogen-bond donors (Lipinski definition) is 0. The maximum absolute atomic E-state index is 11.6. The molecular formula is C13H20O. The highest BCUT2D eigenvalue weighted by Gasteiger charge is 2.42. The Morgan fingerprint density at radius 1 is 1.36 bits per heavy atom. The second kappa shape index (κ2) is 3.88. The van der Waals surface area contributed by atoms with E-state index in [-0.39, 0.29) is 5.41 Å². The number of carbonyl (C=O) groups excluding carboxylic acids is 1. The van der Waals surface area contributed by atoms with Crippen LogP contribution in [0.25, 0.3) is 0 Å². The molecule has 14 heavy (non-hydrogen) atoms. The number of rotatable bonds is 1. The van der Waals surface area contributed by atoms with Crippen molar-refractivity contribution in [3.8, 4) is 0 Å². The van der Waals surface area contributed by atoms with E-state index in [4.69, 9.17) is 0 Å². The van der Waals surface area contributed by atoms with Crippen LogP contribution in [0.3, 0.4) is 0 Å². The van der Waals surface area contributed by atoms with Crippen molar-refractivity contribution in [2.24, 2.45) is 11.3 Å². The Hall–Kier alpha value is -0.590. The minimum absolute atomic E-state index is 0.266. The molecule has 1 nitrogen and oxygen atoms in total. The smallest absolute Gasteiger partial charge is 0.133 e. The highest BCUT2D eigenvalue weighted by molar-refractivity contribution is 5.80. The van der Waals surface area contributed by atoms with Gasteiger partial charge in [0.2, 0.25) is 0 Å². The Morgan fingerprint density at radius 2 is 2.21 bits per heavy atom. The second-order valence-electron chi connectivity index (χ2n) is 4.93. The lowest BCUT2D eigenvalue weighted by atomic mass is 9.59. The molecule has 0 heterocycles. The molecule has 1 heteroatoms. The predicted molar refractivity (Wildman–Crippen MR) is 58.1 cm³/mol. The van der Waals surface area contributed by atoms with Crippen molar-refractivity contribution in [1.82, 2.24) is 0 Å². The summed E-state index contributed by atoms with van der Waals surface area (Å²) in [7, 11) is 0. The minimum Gasteiger partial charge on any atom is -0.300 e. The zero-order valence-corrected chi connectivity index (χ0v) is 9.09. The molecule has 0 spiro atoms. The Balaban J connectivity index is 2.22. The third-order valence-electron chi connectivity index (χ3n) is 4.05. The van der Waals surface area contributed by atoms with E-state index in [0.717, 1.165) is 25.2 Å². The van der Waals surface area contributed by atoms with Crippen LogP contribution in [0.1, 0.15) is 51.9 Å². The molecule has 0 N–H and O–H groups in total. The molecule has 0 amide bonds. The van der Waals surface area contributed by atoms with Crippen molar-refractivity contribution in [1.29, 1.82) is 0 Å². The first-order chi connectivity index (χ1) is 6.77. The molecule has 0 aromatic carbocycles. The third-order valence-corrected chi connectivity index (χ3v) is 4.05. The zero-order valence-electron chi connectivity index (χ0n) is 9.09. The normalized spacial score (nSPS) is 38.6. The van der Waals surface area contributed by atoms with Crippen LogP contribution < -0.4 is 0 Å². The third kappa shape index (κ3) is 1.65. The van der Waals surface area contributed by atoms with Crippen LogP contribution in [-0.4, -0.2) is 5.78 Å². The van der Waals surface area contributed by atoms with Crippen molar-refractivity contribution in [3.63, 3.8) is 0 Å². The van der Waals surface area contributed by atoms with Gasteiger partial charge in [-0.15, -0.1) is 0 Å². The van der Waals surface area contributed by atoms with Crippen LogP contribution in [0.15, 0.2) is 12.2 Å². The van der Waals surface area contributed by atoms with Gasteiger partial charge in [0.1, 0.15) is 5.78 Å². The lowest BCUT2D eigenvalue weighted by molar-refractivity contribution is -0.125. The molecule has 0 aromatic rings. The predicted octanol–water partition coefficient (Wildman–Crippen LogP) is 3.49. The van der Waals surface area contributed by atoms with Gasteiger partial charge in [-0.2, -0.15) is 0 Å². The quantitative estimate of drug-likeness (QED) is 0.581. The monoisotopic (exact) mass is 192 g/mol. The van der Waals surface area contributed by atoms with Crippen LogP contribution in [0, 0.1) is 11.3 Å². The summed E-state index contributed by atoms with van der Waals surface area (Å²) in [5.74, 6) is 1.28. The van der Waals surface area contributed by atoms with Crippen molar-refractivity contribution in [2.75, 3.05) is 0 Å². The summed E-state index contributed by atoms with van der Waals surface area (Å²) in [4.78, 5) is 11.6. The van der Waals surface area contributed by atoms with Crippen LogP contribution in [-0.2, 0) is 4.79 Å². The molecule has 0 bridgehead atoms. The van der Waals surface area contributed by atoms with E-state index in [1.165, 1.54) is 25.7 Å². The van der Waals surface area contributed by atoms with Gasteiger partial charge in [-0.05, 0) is 37.5 Å². The highest BCUT2D eigenvalue weighted by Crippen LogP contribution is 2.50. The molecule has 0 radical (unpaired) electrons. The van der Waals surface area contributed by atoms with Crippen molar-refractivity contribution >= 4 is 5.78 Å². The van der Waals surface area contributed by atoms with Crippen LogP contribution in [0.4, 0.5) is 0 Å². The average Bonchev–Trinajstić information content (AvgIpc) is 2.17. The Bertz CT molecular complexity index is 254. The second-order valence-corrected chi connectivity index (χ2v) is 4.93. The van der Waals surface area contributed by atoms with E-state index in [9.17, 15) is 4.79 Å². The number of hydrogen-bond acceptors (Lipinski definition) is 1. The first-order valence-corrected chi connectivity index (χ1v) is 5.92. The van der Waals surface area contributed by atoms with Gasteiger partial charge in [-0.1, -0.05) is 25.0 Å². The number of fused-ring (bicyclic) bond motifs is 1. The summed E-state index contributed by atoms with van der Waals surface area (Å²) in [5, 5.41) is 0. The molecule has 0 unspecified atom stereocenters. The highest BCUT2D eigenvalue weighted by atomic mass is 16.1. The summed E-state index contributed by atoms with van der Waals surface area (Å²) in [6.45, 7) is 2.08. The van der Waals surface area contributed by atoms with Crippen molar-refractivity contribution in [3.05, 3.63) is 12.2 Å². The minimum atomic E-state index is 0.266. The van der Waals surface area contributed by atoms with Gasteiger partial charge in [0.05, 0.1) is 0 Å². The van der Waals surface area contributed by atoms with Crippen molar-refractivity contribution in [2.45, 2.75) is 51.9 Å². The number of carbonyl (C=O) groups is 1. The van der Waals surface area contributed by atoms with Gasteiger partial charge >= 0.3 is 0 Å². The van der Waals surface area contributed by atoms with E-state index < -0.39 is 0 Å². The van der Waals surface area contributed by atoms with Gasteiger partial charge in [0, 0.05) is 12.8 Å². The van der Waals surface area contributed by atoms with E-state index in [1.54, 1.807) is 0 Å². The molecule has 2 aliphatic rings. The summed E-state index contributed by atoms with van der Waals surface area (Å²) in [6, 6.07) is 0. The van der Waals surface area contributed by atoms with Crippen LogP contribution in [0.5, 0.6) is 0 Å². The van der Waals surface area contributed by atoms with Crippen LogP contribution in [0.2, 0.25) is 0 Å². The Kier molecular flexibility index (Phi) is 2.76. The first kappa shape index (κ1) is 9.95. The summed E-state index contributed by atoms with van der Waals surface area (Å²) >= 11 is 0. The molecule has 0 saturated heterocycles. The average molecular weight is 192 g/mol. The number of allylic oxidation sites excluding steroid dienone is 2. The summed E-state index contributed by atoms with van der Waals surface area (Å²) in [6.07, 6.45) is 12.6.